The van der Waals surface area contributed by atoms with E-state index >= 15 is 0 Å². The second-order valence-corrected chi connectivity index (χ2v) is 10.2. The highest BCUT2D eigenvalue weighted by Crippen LogP contribution is 2.33. The van der Waals surface area contributed by atoms with Crippen LogP contribution in [0, 0.1) is 5.92 Å². The van der Waals surface area contributed by atoms with Crippen LogP contribution in [0.3, 0.4) is 0 Å². The second-order valence-electron chi connectivity index (χ2n) is 7.98. The molecule has 0 radical (unpaired) electrons. The summed E-state index contributed by atoms with van der Waals surface area (Å²) in [4.78, 5) is 15.4. The number of carbonyl (C=O) groups is 1. The van der Waals surface area contributed by atoms with E-state index in [0.29, 0.717) is 30.6 Å². The lowest BCUT2D eigenvalue weighted by atomic mass is 10.1. The summed E-state index contributed by atoms with van der Waals surface area (Å²) in [6.45, 7) is 8.51. The molecule has 1 fully saturated rings. The molecule has 0 spiro atoms. The number of morpholine rings is 1. The lowest BCUT2D eigenvalue weighted by Gasteiger charge is -2.33. The molecule has 5 nitrogen and oxygen atoms in total. The van der Waals surface area contributed by atoms with Gasteiger partial charge in [-0.1, -0.05) is 38.1 Å². The summed E-state index contributed by atoms with van der Waals surface area (Å²) < 4.78 is 13.1. The van der Waals surface area contributed by atoms with E-state index in [2.05, 4.69) is 35.5 Å². The minimum absolute atomic E-state index is 0.00905. The number of nitrogens with one attached hydrogen (secondary N) is 1. The van der Waals surface area contributed by atoms with Gasteiger partial charge in [0.15, 0.2) is 5.76 Å². The maximum Gasteiger partial charge on any atom is 0.287 e. The second kappa shape index (κ2) is 10.0. The maximum absolute atomic E-state index is 13.0. The van der Waals surface area contributed by atoms with Gasteiger partial charge in [0, 0.05) is 42.9 Å². The first-order valence-electron chi connectivity index (χ1n) is 10.4. The van der Waals surface area contributed by atoms with Gasteiger partial charge in [-0.25, -0.2) is 0 Å². The number of hydrogen-bond acceptors (Lipinski definition) is 6. The molecule has 3 aromatic rings. The summed E-state index contributed by atoms with van der Waals surface area (Å²) in [5.74, 6) is 1.56. The number of nitrogens with zero attached hydrogens (tertiary/aromatic N) is 1. The van der Waals surface area contributed by atoms with Crippen molar-refractivity contribution in [2.24, 2.45) is 5.92 Å². The highest BCUT2D eigenvalue weighted by molar-refractivity contribution is 8.00. The van der Waals surface area contributed by atoms with Crippen LogP contribution in [0.2, 0.25) is 0 Å². The van der Waals surface area contributed by atoms with Crippen molar-refractivity contribution in [3.8, 4) is 0 Å². The zero-order chi connectivity index (χ0) is 20.9. The van der Waals surface area contributed by atoms with Crippen LogP contribution in [0.15, 0.2) is 50.4 Å². The molecule has 1 aliphatic rings. The number of furan rings is 1. The van der Waals surface area contributed by atoms with Gasteiger partial charge in [-0.2, -0.15) is 0 Å². The lowest BCUT2D eigenvalue weighted by molar-refractivity contribution is -0.0296. The quantitative estimate of drug-likeness (QED) is 0.502. The van der Waals surface area contributed by atoms with Crippen molar-refractivity contribution in [1.82, 2.24) is 10.2 Å². The molecule has 0 aliphatic carbocycles. The Morgan fingerprint density at radius 2 is 2.17 bits per heavy atom. The van der Waals surface area contributed by atoms with Crippen molar-refractivity contribution in [3.63, 3.8) is 0 Å². The number of carbonyl (C=O) groups excluding carboxylic acids is 1. The van der Waals surface area contributed by atoms with Gasteiger partial charge in [0.1, 0.15) is 5.58 Å². The summed E-state index contributed by atoms with van der Waals surface area (Å²) >= 11 is 3.44. The number of fused-ring (bicyclic) bond motifs is 1. The smallest absolute Gasteiger partial charge is 0.287 e. The first-order valence-corrected chi connectivity index (χ1v) is 12.3. The van der Waals surface area contributed by atoms with E-state index in [-0.39, 0.29) is 12.0 Å². The third-order valence-electron chi connectivity index (χ3n) is 5.09. The monoisotopic (exact) mass is 444 g/mol. The van der Waals surface area contributed by atoms with E-state index in [9.17, 15) is 4.79 Å². The molecule has 160 valence electrons. The SMILES string of the molecule is CC(C)CN1CCOC(CNC(=O)c2oc3ccccc3c2CSc2cccs2)C1. The highest BCUT2D eigenvalue weighted by Gasteiger charge is 2.24. The van der Waals surface area contributed by atoms with E-state index < -0.39 is 0 Å². The van der Waals surface area contributed by atoms with Crippen LogP contribution >= 0.6 is 23.1 Å². The van der Waals surface area contributed by atoms with Crippen LogP contribution in [-0.4, -0.2) is 49.7 Å². The predicted octanol–water partition coefficient (Wildman–Crippen LogP) is 4.87. The molecule has 1 N–H and O–H groups in total. The van der Waals surface area contributed by atoms with Gasteiger partial charge >= 0.3 is 0 Å². The van der Waals surface area contributed by atoms with E-state index in [1.807, 2.05) is 30.3 Å². The molecule has 30 heavy (non-hydrogen) atoms. The van der Waals surface area contributed by atoms with Crippen LogP contribution in [0.1, 0.15) is 30.0 Å². The molecule has 1 aromatic carbocycles. The molecule has 1 amide bonds. The third-order valence-corrected chi connectivity index (χ3v) is 7.25. The first kappa shape index (κ1) is 21.4. The average Bonchev–Trinajstić information content (AvgIpc) is 3.38. The van der Waals surface area contributed by atoms with Gasteiger partial charge in [-0.05, 0) is 23.4 Å². The van der Waals surface area contributed by atoms with Gasteiger partial charge in [-0.3, -0.25) is 9.69 Å². The van der Waals surface area contributed by atoms with E-state index in [1.165, 1.54) is 4.21 Å². The van der Waals surface area contributed by atoms with Crippen molar-refractivity contribution in [2.45, 2.75) is 29.9 Å². The van der Waals surface area contributed by atoms with Crippen LogP contribution in [0.5, 0.6) is 0 Å². The number of thiophene rings is 1. The fourth-order valence-electron chi connectivity index (χ4n) is 3.79. The first-order chi connectivity index (χ1) is 14.6. The van der Waals surface area contributed by atoms with E-state index in [4.69, 9.17) is 9.15 Å². The standard InChI is InChI=1S/C23H28N2O3S2/c1-16(2)13-25-9-10-27-17(14-25)12-24-23(26)22-19(15-30-21-8-5-11-29-21)18-6-3-4-7-20(18)28-22/h3-8,11,16-17H,9-10,12-15H2,1-2H3,(H,24,26). The molecule has 1 unspecified atom stereocenters. The molecular formula is C23H28N2O3S2. The molecule has 7 heteroatoms. The number of ether oxygens (including phenoxy) is 1. The fraction of sp³-hybridized carbons (Fsp3) is 0.435. The van der Waals surface area contributed by atoms with Crippen LogP contribution in [-0.2, 0) is 10.5 Å². The minimum atomic E-state index is -0.169. The van der Waals surface area contributed by atoms with Crippen LogP contribution in [0.25, 0.3) is 11.0 Å². The van der Waals surface area contributed by atoms with Crippen LogP contribution in [0.4, 0.5) is 0 Å². The van der Waals surface area contributed by atoms with Crippen LogP contribution < -0.4 is 5.32 Å². The zero-order valence-corrected chi connectivity index (χ0v) is 19.1. The predicted molar refractivity (Wildman–Crippen MR) is 123 cm³/mol. The molecule has 3 heterocycles. The molecule has 2 aromatic heterocycles. The Kier molecular flexibility index (Phi) is 7.15. The van der Waals surface area contributed by atoms with E-state index in [1.54, 1.807) is 23.1 Å². The largest absolute Gasteiger partial charge is 0.451 e. The number of para-hydroxylation sites is 1. The van der Waals surface area contributed by atoms with Gasteiger partial charge in [0.25, 0.3) is 5.91 Å². The van der Waals surface area contributed by atoms with Crippen molar-refractivity contribution >= 4 is 40.0 Å². The summed E-state index contributed by atoms with van der Waals surface area (Å²) in [7, 11) is 0. The molecule has 1 saturated heterocycles. The van der Waals surface area contributed by atoms with Gasteiger partial charge in [0.2, 0.25) is 0 Å². The number of rotatable bonds is 8. The third kappa shape index (κ3) is 5.27. The number of thioether (sulfide) groups is 1. The van der Waals surface area contributed by atoms with Gasteiger partial charge < -0.3 is 14.5 Å². The fourth-order valence-corrected chi connectivity index (χ4v) is 5.60. The van der Waals surface area contributed by atoms with Crippen molar-refractivity contribution in [3.05, 3.63) is 53.1 Å². The zero-order valence-electron chi connectivity index (χ0n) is 17.4. The van der Waals surface area contributed by atoms with Gasteiger partial charge in [-0.15, -0.1) is 23.1 Å². The van der Waals surface area contributed by atoms with Crippen molar-refractivity contribution < 1.29 is 13.9 Å². The summed E-state index contributed by atoms with van der Waals surface area (Å²) in [5.41, 5.74) is 1.70. The Hall–Kier alpha value is -1.80. The Morgan fingerprint density at radius 1 is 1.30 bits per heavy atom. The Balaban J connectivity index is 1.44. The molecule has 0 bridgehead atoms. The van der Waals surface area contributed by atoms with E-state index in [0.717, 1.165) is 36.2 Å². The molecule has 4 rings (SSSR count). The number of benzene rings is 1. The number of amides is 1. The van der Waals surface area contributed by atoms with Crippen molar-refractivity contribution in [2.75, 3.05) is 32.8 Å². The Labute approximate surface area is 185 Å². The Bertz CT molecular complexity index is 968. The van der Waals surface area contributed by atoms with Crippen molar-refractivity contribution in [1.29, 1.82) is 0 Å². The average molecular weight is 445 g/mol. The highest BCUT2D eigenvalue weighted by atomic mass is 32.2. The molecule has 0 saturated carbocycles. The summed E-state index contributed by atoms with van der Waals surface area (Å²) in [5, 5.41) is 6.12. The van der Waals surface area contributed by atoms with Gasteiger partial charge in [0.05, 0.1) is 16.9 Å². The maximum atomic E-state index is 13.0. The molecular weight excluding hydrogens is 416 g/mol. The topological polar surface area (TPSA) is 54.7 Å². The lowest BCUT2D eigenvalue weighted by Crippen LogP contribution is -2.48. The summed E-state index contributed by atoms with van der Waals surface area (Å²) in [6.07, 6.45) is 0.00905. The Morgan fingerprint density at radius 3 is 2.97 bits per heavy atom. The summed E-state index contributed by atoms with van der Waals surface area (Å²) in [6, 6.07) is 12.0. The number of hydrogen-bond donors (Lipinski definition) is 1. The normalized spacial score (nSPS) is 17.6. The minimum Gasteiger partial charge on any atom is -0.451 e. The molecule has 1 atom stereocenters. The molecule has 1 aliphatic heterocycles.